The molecule has 4 aromatic carbocycles. The van der Waals surface area contributed by atoms with Crippen LogP contribution in [0.1, 0.15) is 70.0 Å². The largest absolute Gasteiger partial charge is 0.436 e. The van der Waals surface area contributed by atoms with Crippen molar-refractivity contribution in [3.05, 3.63) is 126 Å². The topological polar surface area (TPSA) is 29.3 Å². The maximum absolute atomic E-state index is 6.33. The van der Waals surface area contributed by atoms with Gasteiger partial charge in [-0.25, -0.2) is 4.98 Å². The molecular weight excluding hydrogens is 500 g/mol. The van der Waals surface area contributed by atoms with Crippen LogP contribution in [0.25, 0.3) is 27.8 Å². The number of aromatic nitrogens is 1. The second-order valence-electron chi connectivity index (χ2n) is 12.8. The number of rotatable bonds is 4. The van der Waals surface area contributed by atoms with Gasteiger partial charge in [-0.2, -0.15) is 0 Å². The summed E-state index contributed by atoms with van der Waals surface area (Å²) in [5.74, 6) is 0.686. The average molecular weight is 537 g/mol. The molecule has 1 heterocycles. The molecule has 0 unspecified atom stereocenters. The highest BCUT2D eigenvalue weighted by atomic mass is 16.3. The highest BCUT2D eigenvalue weighted by Crippen LogP contribution is 2.50. The molecule has 0 spiro atoms. The van der Waals surface area contributed by atoms with Gasteiger partial charge in [0.15, 0.2) is 5.58 Å². The van der Waals surface area contributed by atoms with E-state index in [9.17, 15) is 0 Å². The van der Waals surface area contributed by atoms with Crippen molar-refractivity contribution < 1.29 is 4.42 Å². The van der Waals surface area contributed by atoms with E-state index in [1.54, 1.807) is 0 Å². The zero-order valence-electron chi connectivity index (χ0n) is 24.5. The number of fused-ring (bicyclic) bond motifs is 4. The lowest BCUT2D eigenvalue weighted by Gasteiger charge is -2.29. The van der Waals surface area contributed by atoms with E-state index >= 15 is 0 Å². The highest BCUT2D eigenvalue weighted by Gasteiger charge is 2.35. The Morgan fingerprint density at radius 3 is 2.22 bits per heavy atom. The Morgan fingerprint density at radius 2 is 1.46 bits per heavy atom. The van der Waals surface area contributed by atoms with Gasteiger partial charge in [-0.15, -0.1) is 0 Å². The first kappa shape index (κ1) is 25.6. The third-order valence-electron chi connectivity index (χ3n) is 8.69. The van der Waals surface area contributed by atoms with E-state index in [0.717, 1.165) is 46.6 Å². The summed E-state index contributed by atoms with van der Waals surface area (Å²) in [6.45, 7) is 11.4. The predicted octanol–water partition coefficient (Wildman–Crippen LogP) is 10.6. The Morgan fingerprint density at radius 1 is 0.756 bits per heavy atom. The fourth-order valence-corrected chi connectivity index (χ4v) is 6.34. The van der Waals surface area contributed by atoms with Gasteiger partial charge in [0.25, 0.3) is 0 Å². The molecule has 3 heteroatoms. The van der Waals surface area contributed by atoms with Crippen molar-refractivity contribution in [3.8, 4) is 11.1 Å². The molecular formula is C38H36N2O. The molecule has 204 valence electrons. The zero-order valence-corrected chi connectivity index (χ0v) is 24.5. The van der Waals surface area contributed by atoms with Gasteiger partial charge in [-0.1, -0.05) is 95.3 Å². The molecule has 2 aliphatic carbocycles. The van der Waals surface area contributed by atoms with Gasteiger partial charge in [0.1, 0.15) is 5.52 Å². The molecule has 2 aliphatic rings. The zero-order chi connectivity index (χ0) is 28.4. The lowest BCUT2D eigenvalue weighted by atomic mass is 9.82. The standard InChI is InChI=1S/C38H36N2O/c1-37(2,3)26-15-17-27(18-16-26)40(28-19-21-31-30-13-9-10-14-32(30)38(4,5)33(31)23-28)29-20-22-34-35(24-29)41-36(39-34)25-11-7-6-8-12-25/h7,9-24H,6,8H2,1-5H3. The number of hydrogen-bond acceptors (Lipinski definition) is 3. The van der Waals surface area contributed by atoms with Crippen LogP contribution in [0.5, 0.6) is 0 Å². The van der Waals surface area contributed by atoms with Crippen molar-refractivity contribution in [2.45, 2.75) is 58.3 Å². The molecule has 0 fully saturated rings. The highest BCUT2D eigenvalue weighted by molar-refractivity contribution is 5.88. The van der Waals surface area contributed by atoms with Crippen molar-refractivity contribution in [3.63, 3.8) is 0 Å². The van der Waals surface area contributed by atoms with Crippen LogP contribution < -0.4 is 4.90 Å². The Hall–Kier alpha value is -4.37. The number of hydrogen-bond donors (Lipinski definition) is 0. The molecule has 0 bridgehead atoms. The first-order valence-corrected chi connectivity index (χ1v) is 14.6. The lowest BCUT2D eigenvalue weighted by molar-refractivity contribution is 0.585. The number of anilines is 3. The van der Waals surface area contributed by atoms with Crippen LogP contribution in [0.4, 0.5) is 17.1 Å². The quantitative estimate of drug-likeness (QED) is 0.229. The minimum Gasteiger partial charge on any atom is -0.436 e. The van der Waals surface area contributed by atoms with Gasteiger partial charge in [0, 0.05) is 34.1 Å². The molecule has 0 N–H and O–H groups in total. The third-order valence-corrected chi connectivity index (χ3v) is 8.69. The Bertz CT molecular complexity index is 1840. The summed E-state index contributed by atoms with van der Waals surface area (Å²) in [4.78, 5) is 7.15. The maximum atomic E-state index is 6.33. The van der Waals surface area contributed by atoms with Gasteiger partial charge in [0.2, 0.25) is 5.89 Å². The molecule has 0 amide bonds. The van der Waals surface area contributed by atoms with Crippen LogP contribution in [-0.4, -0.2) is 4.98 Å². The van der Waals surface area contributed by atoms with Crippen molar-refractivity contribution in [1.29, 1.82) is 0 Å². The summed E-state index contributed by atoms with van der Waals surface area (Å²) in [5, 5.41) is 0. The summed E-state index contributed by atoms with van der Waals surface area (Å²) < 4.78 is 6.33. The molecule has 7 rings (SSSR count). The van der Waals surface area contributed by atoms with Crippen LogP contribution in [0.2, 0.25) is 0 Å². The van der Waals surface area contributed by atoms with Gasteiger partial charge >= 0.3 is 0 Å². The van der Waals surface area contributed by atoms with E-state index in [0.29, 0.717) is 5.89 Å². The fourth-order valence-electron chi connectivity index (χ4n) is 6.34. The van der Waals surface area contributed by atoms with Crippen LogP contribution in [0.3, 0.4) is 0 Å². The van der Waals surface area contributed by atoms with Crippen molar-refractivity contribution in [1.82, 2.24) is 4.98 Å². The van der Waals surface area contributed by atoms with E-state index in [1.165, 1.54) is 27.8 Å². The van der Waals surface area contributed by atoms with Gasteiger partial charge in [-0.3, -0.25) is 0 Å². The molecule has 1 aromatic heterocycles. The van der Waals surface area contributed by atoms with E-state index in [4.69, 9.17) is 9.40 Å². The molecule has 3 nitrogen and oxygen atoms in total. The van der Waals surface area contributed by atoms with Crippen LogP contribution in [0.15, 0.2) is 108 Å². The molecule has 0 saturated heterocycles. The van der Waals surface area contributed by atoms with Crippen molar-refractivity contribution in [2.75, 3.05) is 4.90 Å². The van der Waals surface area contributed by atoms with Gasteiger partial charge in [0.05, 0.1) is 0 Å². The first-order chi connectivity index (χ1) is 19.7. The smallest absolute Gasteiger partial charge is 0.226 e. The first-order valence-electron chi connectivity index (χ1n) is 14.6. The van der Waals surface area contributed by atoms with Gasteiger partial charge in [-0.05, 0) is 82.5 Å². The number of oxazole rings is 1. The SMILES string of the molecule is CC(C)(C)c1ccc(N(c2ccc3c(c2)C(C)(C)c2ccccc2-3)c2ccc3nc(C4=CCCC=C4)oc3c2)cc1. The summed E-state index contributed by atoms with van der Waals surface area (Å²) in [5.41, 5.74) is 12.7. The van der Waals surface area contributed by atoms with E-state index in [-0.39, 0.29) is 10.8 Å². The van der Waals surface area contributed by atoms with Crippen molar-refractivity contribution >= 4 is 33.7 Å². The maximum Gasteiger partial charge on any atom is 0.226 e. The normalized spacial score (nSPS) is 15.5. The molecule has 0 atom stereocenters. The number of benzene rings is 4. The number of nitrogens with zero attached hydrogens (tertiary/aromatic N) is 2. The van der Waals surface area contributed by atoms with E-state index < -0.39 is 0 Å². The van der Waals surface area contributed by atoms with Crippen molar-refractivity contribution in [2.24, 2.45) is 0 Å². The molecule has 0 aliphatic heterocycles. The Kier molecular flexibility index (Phi) is 5.83. The summed E-state index contributed by atoms with van der Waals surface area (Å²) in [6.07, 6.45) is 8.60. The van der Waals surface area contributed by atoms with Crippen LogP contribution >= 0.6 is 0 Å². The van der Waals surface area contributed by atoms with Gasteiger partial charge < -0.3 is 9.32 Å². The van der Waals surface area contributed by atoms with E-state index in [1.807, 2.05) is 0 Å². The molecule has 0 saturated carbocycles. The summed E-state index contributed by atoms with van der Waals surface area (Å²) >= 11 is 0. The number of allylic oxidation sites excluding steroid dienone is 4. The minimum atomic E-state index is -0.0747. The molecule has 5 aromatic rings. The molecule has 0 radical (unpaired) electrons. The predicted molar refractivity (Wildman–Crippen MR) is 171 cm³/mol. The minimum absolute atomic E-state index is 0.0747. The summed E-state index contributed by atoms with van der Waals surface area (Å²) in [7, 11) is 0. The Balaban J connectivity index is 1.37. The Labute approximate surface area is 242 Å². The monoisotopic (exact) mass is 536 g/mol. The lowest BCUT2D eigenvalue weighted by Crippen LogP contribution is -2.17. The van der Waals surface area contributed by atoms with Crippen LogP contribution in [0, 0.1) is 0 Å². The average Bonchev–Trinajstić information content (AvgIpc) is 3.50. The fraction of sp³-hybridized carbons (Fsp3) is 0.237. The summed E-state index contributed by atoms with van der Waals surface area (Å²) in [6, 6.07) is 31.1. The third kappa shape index (κ3) is 4.32. The second kappa shape index (κ2) is 9.34. The van der Waals surface area contributed by atoms with E-state index in [2.05, 4.69) is 143 Å². The van der Waals surface area contributed by atoms with Crippen LogP contribution in [-0.2, 0) is 10.8 Å². The molecule has 41 heavy (non-hydrogen) atoms. The second-order valence-corrected chi connectivity index (χ2v) is 12.8.